The van der Waals surface area contributed by atoms with Crippen molar-refractivity contribution in [3.63, 3.8) is 0 Å². The van der Waals surface area contributed by atoms with Gasteiger partial charge in [0, 0.05) is 37.8 Å². The maximum absolute atomic E-state index is 13.9. The molecule has 5 heteroatoms. The number of ether oxygens (including phenoxy) is 1. The number of carbonyl (C=O) groups is 1. The van der Waals surface area contributed by atoms with E-state index in [1.807, 2.05) is 42.2 Å². The van der Waals surface area contributed by atoms with E-state index in [0.717, 1.165) is 11.3 Å². The lowest BCUT2D eigenvalue weighted by molar-refractivity contribution is -0.126. The van der Waals surface area contributed by atoms with E-state index < -0.39 is 0 Å². The van der Waals surface area contributed by atoms with Crippen LogP contribution in [0.2, 0.25) is 0 Å². The molecule has 1 saturated heterocycles. The number of halogens is 1. The highest BCUT2D eigenvalue weighted by Crippen LogP contribution is 2.21. The fourth-order valence-corrected chi connectivity index (χ4v) is 3.05. The number of carbonyl (C=O) groups excluding carboxylic acids is 1. The standard InChI is InChI=1S/C21H23FN2O2/c1-2-26-20-10-6-3-7-17(20)11-12-21(25)24-15-13-23(14-16-24)19-9-5-4-8-18(19)22/h3-12H,2,13-16H2,1H3/b12-11+. The Hall–Kier alpha value is -2.82. The zero-order valence-electron chi connectivity index (χ0n) is 14.9. The van der Waals surface area contributed by atoms with E-state index in [9.17, 15) is 9.18 Å². The molecule has 26 heavy (non-hydrogen) atoms. The second-order valence-electron chi connectivity index (χ2n) is 6.07. The highest BCUT2D eigenvalue weighted by Gasteiger charge is 2.21. The number of para-hydroxylation sites is 2. The van der Waals surface area contributed by atoms with Gasteiger partial charge in [0.25, 0.3) is 0 Å². The first-order valence-corrected chi connectivity index (χ1v) is 8.87. The molecule has 3 rings (SSSR count). The van der Waals surface area contributed by atoms with Crippen LogP contribution in [0.4, 0.5) is 10.1 Å². The third kappa shape index (κ3) is 4.23. The normalized spacial score (nSPS) is 14.7. The Kier molecular flexibility index (Phi) is 5.89. The van der Waals surface area contributed by atoms with Crippen molar-refractivity contribution in [1.29, 1.82) is 0 Å². The van der Waals surface area contributed by atoms with E-state index in [1.54, 1.807) is 29.2 Å². The van der Waals surface area contributed by atoms with Gasteiger partial charge < -0.3 is 14.5 Å². The lowest BCUT2D eigenvalue weighted by atomic mass is 10.2. The van der Waals surface area contributed by atoms with E-state index in [0.29, 0.717) is 38.5 Å². The van der Waals surface area contributed by atoms with E-state index in [-0.39, 0.29) is 11.7 Å². The number of anilines is 1. The molecule has 0 unspecified atom stereocenters. The Bertz CT molecular complexity index is 783. The van der Waals surface area contributed by atoms with Crippen LogP contribution in [-0.4, -0.2) is 43.6 Å². The van der Waals surface area contributed by atoms with Gasteiger partial charge in [0.1, 0.15) is 11.6 Å². The molecule has 0 aromatic heterocycles. The topological polar surface area (TPSA) is 32.8 Å². The lowest BCUT2D eigenvalue weighted by Gasteiger charge is -2.35. The minimum Gasteiger partial charge on any atom is -0.493 e. The largest absolute Gasteiger partial charge is 0.493 e. The molecule has 136 valence electrons. The summed E-state index contributed by atoms with van der Waals surface area (Å²) in [5.74, 6) is 0.507. The number of benzene rings is 2. The van der Waals surface area contributed by atoms with Crippen molar-refractivity contribution in [2.24, 2.45) is 0 Å². The molecule has 0 saturated carbocycles. The minimum absolute atomic E-state index is 0.0375. The Morgan fingerprint density at radius 3 is 2.50 bits per heavy atom. The Morgan fingerprint density at radius 1 is 1.08 bits per heavy atom. The van der Waals surface area contributed by atoms with Gasteiger partial charge in [-0.2, -0.15) is 0 Å². The molecule has 0 aliphatic carbocycles. The van der Waals surface area contributed by atoms with E-state index in [4.69, 9.17) is 4.74 Å². The molecule has 0 bridgehead atoms. The van der Waals surface area contributed by atoms with Crippen molar-refractivity contribution in [3.05, 3.63) is 66.0 Å². The third-order valence-electron chi connectivity index (χ3n) is 4.41. The van der Waals surface area contributed by atoms with Crippen molar-refractivity contribution in [1.82, 2.24) is 4.90 Å². The summed E-state index contributed by atoms with van der Waals surface area (Å²) in [6, 6.07) is 14.4. The van der Waals surface area contributed by atoms with Crippen LogP contribution < -0.4 is 9.64 Å². The number of amides is 1. The van der Waals surface area contributed by atoms with Gasteiger partial charge in [-0.25, -0.2) is 4.39 Å². The molecule has 1 aliphatic heterocycles. The summed E-state index contributed by atoms with van der Waals surface area (Å²) in [5.41, 5.74) is 1.48. The Morgan fingerprint density at radius 2 is 1.77 bits per heavy atom. The lowest BCUT2D eigenvalue weighted by Crippen LogP contribution is -2.48. The second-order valence-corrected chi connectivity index (χ2v) is 6.07. The fraction of sp³-hybridized carbons (Fsp3) is 0.286. The third-order valence-corrected chi connectivity index (χ3v) is 4.41. The molecule has 0 atom stereocenters. The summed E-state index contributed by atoms with van der Waals surface area (Å²) in [6.07, 6.45) is 3.37. The van der Waals surface area contributed by atoms with Crippen LogP contribution in [0.3, 0.4) is 0 Å². The van der Waals surface area contributed by atoms with Crippen LogP contribution in [0.25, 0.3) is 6.08 Å². The van der Waals surface area contributed by atoms with Crippen molar-refractivity contribution >= 4 is 17.7 Å². The predicted octanol–water partition coefficient (Wildman–Crippen LogP) is 3.59. The number of nitrogens with zero attached hydrogens (tertiary/aromatic N) is 2. The number of hydrogen-bond acceptors (Lipinski definition) is 3. The molecule has 0 N–H and O–H groups in total. The molecule has 1 heterocycles. The molecule has 4 nitrogen and oxygen atoms in total. The molecule has 0 radical (unpaired) electrons. The maximum atomic E-state index is 13.9. The molecule has 2 aromatic carbocycles. The summed E-state index contributed by atoms with van der Waals surface area (Å²) >= 11 is 0. The molecule has 1 fully saturated rings. The zero-order valence-corrected chi connectivity index (χ0v) is 14.9. The van der Waals surface area contributed by atoms with Crippen LogP contribution in [0.5, 0.6) is 5.75 Å². The van der Waals surface area contributed by atoms with Crippen LogP contribution in [0.15, 0.2) is 54.6 Å². The van der Waals surface area contributed by atoms with Gasteiger partial charge in [-0.3, -0.25) is 4.79 Å². The molecule has 2 aromatic rings. The van der Waals surface area contributed by atoms with Gasteiger partial charge in [-0.1, -0.05) is 30.3 Å². The molecule has 1 aliphatic rings. The van der Waals surface area contributed by atoms with E-state index in [2.05, 4.69) is 0 Å². The van der Waals surface area contributed by atoms with Crippen molar-refractivity contribution in [3.8, 4) is 5.75 Å². The van der Waals surface area contributed by atoms with Crippen LogP contribution >= 0.6 is 0 Å². The monoisotopic (exact) mass is 354 g/mol. The first-order chi connectivity index (χ1) is 12.7. The molecule has 1 amide bonds. The highest BCUT2D eigenvalue weighted by atomic mass is 19.1. The van der Waals surface area contributed by atoms with Gasteiger partial charge >= 0.3 is 0 Å². The Balaban J connectivity index is 1.60. The number of hydrogen-bond donors (Lipinski definition) is 0. The van der Waals surface area contributed by atoms with E-state index >= 15 is 0 Å². The minimum atomic E-state index is -0.222. The predicted molar refractivity (Wildman–Crippen MR) is 102 cm³/mol. The average molecular weight is 354 g/mol. The van der Waals surface area contributed by atoms with Gasteiger partial charge in [-0.15, -0.1) is 0 Å². The van der Waals surface area contributed by atoms with Crippen molar-refractivity contribution < 1.29 is 13.9 Å². The first kappa shape index (κ1) is 18.0. The van der Waals surface area contributed by atoms with Gasteiger partial charge in [0.2, 0.25) is 5.91 Å². The average Bonchev–Trinajstić information content (AvgIpc) is 2.68. The van der Waals surface area contributed by atoms with Crippen LogP contribution in [0.1, 0.15) is 12.5 Å². The Labute approximate surface area is 153 Å². The second kappa shape index (κ2) is 8.52. The summed E-state index contributed by atoms with van der Waals surface area (Å²) in [4.78, 5) is 16.2. The SMILES string of the molecule is CCOc1ccccc1/C=C/C(=O)N1CCN(c2ccccc2F)CC1. The summed E-state index contributed by atoms with van der Waals surface area (Å²) in [5, 5.41) is 0. The van der Waals surface area contributed by atoms with Crippen molar-refractivity contribution in [2.75, 3.05) is 37.7 Å². The maximum Gasteiger partial charge on any atom is 0.246 e. The van der Waals surface area contributed by atoms with Crippen LogP contribution in [0, 0.1) is 5.82 Å². The van der Waals surface area contributed by atoms with Gasteiger partial charge in [-0.05, 0) is 31.2 Å². The quantitative estimate of drug-likeness (QED) is 0.770. The summed E-state index contributed by atoms with van der Waals surface area (Å²) < 4.78 is 19.5. The zero-order chi connectivity index (χ0) is 18.4. The number of piperazine rings is 1. The number of rotatable bonds is 5. The summed E-state index contributed by atoms with van der Waals surface area (Å²) in [7, 11) is 0. The van der Waals surface area contributed by atoms with Gasteiger partial charge in [0.15, 0.2) is 0 Å². The first-order valence-electron chi connectivity index (χ1n) is 8.87. The summed E-state index contributed by atoms with van der Waals surface area (Å²) in [6.45, 7) is 4.90. The van der Waals surface area contributed by atoms with E-state index in [1.165, 1.54) is 6.07 Å². The molecular weight excluding hydrogens is 331 g/mol. The highest BCUT2D eigenvalue weighted by molar-refractivity contribution is 5.92. The fourth-order valence-electron chi connectivity index (χ4n) is 3.05. The molecular formula is C21H23FN2O2. The van der Waals surface area contributed by atoms with Crippen LogP contribution in [-0.2, 0) is 4.79 Å². The molecule has 0 spiro atoms. The smallest absolute Gasteiger partial charge is 0.246 e. The van der Waals surface area contributed by atoms with Gasteiger partial charge in [0.05, 0.1) is 12.3 Å². The van der Waals surface area contributed by atoms with Crippen molar-refractivity contribution in [2.45, 2.75) is 6.92 Å².